The van der Waals surface area contributed by atoms with Crippen LogP contribution in [0.25, 0.3) is 22.0 Å². The largest absolute Gasteiger partial charge is 0.490 e. The number of aromatic amines is 1. The van der Waals surface area contributed by atoms with Crippen molar-refractivity contribution in [2.75, 3.05) is 6.61 Å². The lowest BCUT2D eigenvalue weighted by atomic mass is 10.0. The predicted molar refractivity (Wildman–Crippen MR) is 162 cm³/mol. The van der Waals surface area contributed by atoms with E-state index in [4.69, 9.17) is 21.1 Å². The summed E-state index contributed by atoms with van der Waals surface area (Å²) in [6.07, 6.45) is 1.49. The zero-order valence-electron chi connectivity index (χ0n) is 22.8. The van der Waals surface area contributed by atoms with Gasteiger partial charge in [-0.1, -0.05) is 59.1 Å². The van der Waals surface area contributed by atoms with Crippen LogP contribution in [0.1, 0.15) is 44.5 Å². The third-order valence-corrected chi connectivity index (χ3v) is 6.76. The molecule has 0 bridgehead atoms. The van der Waals surface area contributed by atoms with Crippen molar-refractivity contribution >= 4 is 40.6 Å². The van der Waals surface area contributed by atoms with Crippen molar-refractivity contribution in [3.63, 3.8) is 0 Å². The summed E-state index contributed by atoms with van der Waals surface area (Å²) in [5.41, 5.74) is 8.34. The van der Waals surface area contributed by atoms with Crippen molar-refractivity contribution in [2.24, 2.45) is 5.10 Å². The second-order valence-corrected chi connectivity index (χ2v) is 9.91. The SMILES string of the molecule is CCOc1cc(C=NNC(=O)c2[nH]c3ccc(C)cc3c2-c2ccccc2Cl)ccc1OC(=O)c1cccc(C)c1. The second kappa shape index (κ2) is 12.1. The molecule has 8 heteroatoms. The number of carbonyl (C=O) groups excluding carboxylic acids is 2. The fourth-order valence-corrected chi connectivity index (χ4v) is 4.76. The van der Waals surface area contributed by atoms with Crippen LogP contribution in [-0.2, 0) is 0 Å². The monoisotopic (exact) mass is 565 g/mol. The summed E-state index contributed by atoms with van der Waals surface area (Å²) in [5, 5.41) is 5.60. The van der Waals surface area contributed by atoms with E-state index in [0.29, 0.717) is 39.8 Å². The van der Waals surface area contributed by atoms with Gasteiger partial charge in [0.1, 0.15) is 5.69 Å². The summed E-state index contributed by atoms with van der Waals surface area (Å²) in [5.74, 6) is -0.224. The number of H-pyrrole nitrogens is 1. The number of aromatic nitrogens is 1. The number of nitrogens with zero attached hydrogens (tertiary/aromatic N) is 1. The van der Waals surface area contributed by atoms with Gasteiger partial charge in [-0.2, -0.15) is 5.10 Å². The van der Waals surface area contributed by atoms with Crippen LogP contribution in [0.3, 0.4) is 0 Å². The Bertz CT molecular complexity index is 1790. The minimum absolute atomic E-state index is 0.289. The van der Waals surface area contributed by atoms with Gasteiger partial charge in [-0.05, 0) is 74.9 Å². The molecule has 4 aromatic carbocycles. The van der Waals surface area contributed by atoms with Crippen molar-refractivity contribution in [1.82, 2.24) is 10.4 Å². The van der Waals surface area contributed by atoms with Crippen LogP contribution in [0, 0.1) is 13.8 Å². The highest BCUT2D eigenvalue weighted by molar-refractivity contribution is 6.34. The van der Waals surface area contributed by atoms with E-state index in [-0.39, 0.29) is 5.75 Å². The number of hydrazone groups is 1. The third kappa shape index (κ3) is 6.15. The molecule has 0 saturated heterocycles. The molecule has 0 aliphatic rings. The van der Waals surface area contributed by atoms with Gasteiger partial charge in [0.15, 0.2) is 11.5 Å². The maximum absolute atomic E-state index is 13.3. The molecule has 206 valence electrons. The molecule has 41 heavy (non-hydrogen) atoms. The number of amides is 1. The van der Waals surface area contributed by atoms with Gasteiger partial charge in [-0.25, -0.2) is 10.2 Å². The van der Waals surface area contributed by atoms with Gasteiger partial charge in [-0.15, -0.1) is 0 Å². The van der Waals surface area contributed by atoms with E-state index in [2.05, 4.69) is 15.5 Å². The molecule has 1 aromatic heterocycles. The Hall–Kier alpha value is -4.88. The first-order valence-electron chi connectivity index (χ1n) is 13.1. The number of rotatable bonds is 8. The molecule has 7 nitrogen and oxygen atoms in total. The van der Waals surface area contributed by atoms with E-state index in [1.54, 1.807) is 42.5 Å². The molecule has 0 unspecified atom stereocenters. The molecule has 0 spiro atoms. The zero-order chi connectivity index (χ0) is 28.9. The first-order valence-corrected chi connectivity index (χ1v) is 13.5. The highest BCUT2D eigenvalue weighted by Gasteiger charge is 2.21. The summed E-state index contributed by atoms with van der Waals surface area (Å²) < 4.78 is 11.3. The quantitative estimate of drug-likeness (QED) is 0.0882. The van der Waals surface area contributed by atoms with Crippen LogP contribution >= 0.6 is 11.6 Å². The van der Waals surface area contributed by atoms with E-state index in [9.17, 15) is 9.59 Å². The molecule has 1 heterocycles. The molecule has 5 aromatic rings. The van der Waals surface area contributed by atoms with Crippen LogP contribution in [0.4, 0.5) is 0 Å². The average Bonchev–Trinajstić information content (AvgIpc) is 3.33. The Morgan fingerprint density at radius 2 is 1.73 bits per heavy atom. The molecule has 0 saturated carbocycles. The lowest BCUT2D eigenvalue weighted by molar-refractivity contribution is 0.0728. The standard InChI is InChI=1S/C33H28ClN3O4/c1-4-40-29-18-22(13-15-28(29)41-33(39)23-9-7-8-20(2)16-23)19-35-37-32(38)31-30(24-10-5-6-11-26(24)34)25-17-21(3)12-14-27(25)36-31/h5-19,36H,4H2,1-3H3,(H,37,38). The lowest BCUT2D eigenvalue weighted by Crippen LogP contribution is -2.19. The lowest BCUT2D eigenvalue weighted by Gasteiger charge is -2.11. The normalized spacial score (nSPS) is 11.1. The number of hydrogen-bond donors (Lipinski definition) is 2. The summed E-state index contributed by atoms with van der Waals surface area (Å²) in [4.78, 5) is 29.2. The van der Waals surface area contributed by atoms with Crippen LogP contribution in [0.15, 0.2) is 90.0 Å². The van der Waals surface area contributed by atoms with Gasteiger partial charge in [0, 0.05) is 27.1 Å². The minimum Gasteiger partial charge on any atom is -0.490 e. The molecular formula is C33H28ClN3O4. The highest BCUT2D eigenvalue weighted by Crippen LogP contribution is 2.37. The number of hydrogen-bond acceptors (Lipinski definition) is 5. The number of nitrogens with one attached hydrogen (secondary N) is 2. The van der Waals surface area contributed by atoms with Crippen LogP contribution in [-0.4, -0.2) is 29.7 Å². The molecule has 0 radical (unpaired) electrons. The van der Waals surface area contributed by atoms with Gasteiger partial charge < -0.3 is 14.5 Å². The number of benzene rings is 4. The average molecular weight is 566 g/mol. The summed E-state index contributed by atoms with van der Waals surface area (Å²) in [7, 11) is 0. The van der Waals surface area contributed by atoms with Gasteiger partial charge in [0.05, 0.1) is 18.4 Å². The van der Waals surface area contributed by atoms with Crippen molar-refractivity contribution in [3.05, 3.63) is 118 Å². The summed E-state index contributed by atoms with van der Waals surface area (Å²) in [6, 6.07) is 25.6. The van der Waals surface area contributed by atoms with Crippen LogP contribution < -0.4 is 14.9 Å². The maximum atomic E-state index is 13.3. The van der Waals surface area contributed by atoms with E-state index < -0.39 is 11.9 Å². The number of ether oxygens (including phenoxy) is 2. The molecule has 0 fully saturated rings. The highest BCUT2D eigenvalue weighted by atomic mass is 35.5. The van der Waals surface area contributed by atoms with Gasteiger partial charge in [0.25, 0.3) is 5.91 Å². The fourth-order valence-electron chi connectivity index (χ4n) is 4.53. The van der Waals surface area contributed by atoms with E-state index >= 15 is 0 Å². The molecule has 5 rings (SSSR count). The Kier molecular flexibility index (Phi) is 8.17. The van der Waals surface area contributed by atoms with Gasteiger partial charge in [0.2, 0.25) is 0 Å². The fraction of sp³-hybridized carbons (Fsp3) is 0.121. The number of halogens is 1. The van der Waals surface area contributed by atoms with E-state index in [0.717, 1.165) is 27.6 Å². The van der Waals surface area contributed by atoms with Crippen LogP contribution in [0.5, 0.6) is 11.5 Å². The number of carbonyl (C=O) groups is 2. The molecule has 0 aliphatic heterocycles. The predicted octanol–water partition coefficient (Wildman–Crippen LogP) is 7.49. The molecule has 0 aliphatic carbocycles. The van der Waals surface area contributed by atoms with Crippen molar-refractivity contribution in [1.29, 1.82) is 0 Å². The topological polar surface area (TPSA) is 92.8 Å². The minimum atomic E-state index is -0.480. The van der Waals surface area contributed by atoms with Gasteiger partial charge >= 0.3 is 5.97 Å². The molecule has 1 amide bonds. The van der Waals surface area contributed by atoms with Crippen LogP contribution in [0.2, 0.25) is 5.02 Å². The first kappa shape index (κ1) is 27.7. The van der Waals surface area contributed by atoms with E-state index in [1.165, 1.54) is 6.21 Å². The Balaban J connectivity index is 1.38. The van der Waals surface area contributed by atoms with Gasteiger partial charge in [-0.3, -0.25) is 4.79 Å². The Labute approximate surface area is 242 Å². The molecule has 0 atom stereocenters. The summed E-state index contributed by atoms with van der Waals surface area (Å²) >= 11 is 6.52. The smallest absolute Gasteiger partial charge is 0.343 e. The number of aryl methyl sites for hydroxylation is 2. The Morgan fingerprint density at radius 1 is 0.927 bits per heavy atom. The Morgan fingerprint density at radius 3 is 2.51 bits per heavy atom. The first-order chi connectivity index (χ1) is 19.8. The number of esters is 1. The van der Waals surface area contributed by atoms with Crippen molar-refractivity contribution in [2.45, 2.75) is 20.8 Å². The number of fused-ring (bicyclic) bond motifs is 1. The third-order valence-electron chi connectivity index (χ3n) is 6.43. The zero-order valence-corrected chi connectivity index (χ0v) is 23.6. The summed E-state index contributed by atoms with van der Waals surface area (Å²) in [6.45, 7) is 6.12. The van der Waals surface area contributed by atoms with Crippen molar-refractivity contribution < 1.29 is 19.1 Å². The second-order valence-electron chi connectivity index (χ2n) is 9.50. The molecule has 2 N–H and O–H groups in total. The van der Waals surface area contributed by atoms with Crippen molar-refractivity contribution in [3.8, 4) is 22.6 Å². The molecular weight excluding hydrogens is 538 g/mol. The maximum Gasteiger partial charge on any atom is 0.343 e. The van der Waals surface area contributed by atoms with E-state index in [1.807, 2.05) is 63.2 Å².